The molecule has 0 fully saturated rings. The molecule has 0 radical (unpaired) electrons. The van der Waals surface area contributed by atoms with Crippen molar-refractivity contribution in [2.45, 2.75) is 26.3 Å². The predicted octanol–water partition coefficient (Wildman–Crippen LogP) is 2.90. The summed E-state index contributed by atoms with van der Waals surface area (Å²) in [6.45, 7) is 5.68. The highest BCUT2D eigenvalue weighted by molar-refractivity contribution is 5.80. The van der Waals surface area contributed by atoms with Gasteiger partial charge in [-0.3, -0.25) is 4.99 Å². The van der Waals surface area contributed by atoms with Crippen molar-refractivity contribution in [3.05, 3.63) is 71.7 Å². The standard InChI is InChI=1S/C21H25N5/c1-2-22-21(26-14-11-17-7-3-4-8-18(17)15-26)23-12-10-19-16-25-13-6-5-9-20(25)24-19/h3-9,13,16H,2,10-12,14-15H2,1H3,(H,22,23). The first-order valence-corrected chi connectivity index (χ1v) is 9.36. The van der Waals surface area contributed by atoms with Crippen LogP contribution in [-0.4, -0.2) is 39.9 Å². The molecule has 0 aliphatic carbocycles. The smallest absolute Gasteiger partial charge is 0.194 e. The fourth-order valence-electron chi connectivity index (χ4n) is 3.49. The van der Waals surface area contributed by atoms with Gasteiger partial charge in [0.25, 0.3) is 0 Å². The summed E-state index contributed by atoms with van der Waals surface area (Å²) in [5.74, 6) is 1.01. The molecule has 0 amide bonds. The van der Waals surface area contributed by atoms with Gasteiger partial charge in [0.15, 0.2) is 5.96 Å². The van der Waals surface area contributed by atoms with Crippen molar-refractivity contribution in [2.75, 3.05) is 19.6 Å². The number of nitrogens with one attached hydrogen (secondary N) is 1. The molecule has 3 aromatic rings. The summed E-state index contributed by atoms with van der Waals surface area (Å²) in [5.41, 5.74) is 4.94. The van der Waals surface area contributed by atoms with Gasteiger partial charge in [-0.25, -0.2) is 4.98 Å². The number of fused-ring (bicyclic) bond motifs is 2. The maximum Gasteiger partial charge on any atom is 0.194 e. The van der Waals surface area contributed by atoms with Crippen LogP contribution >= 0.6 is 0 Å². The molecule has 1 aliphatic heterocycles. The Balaban J connectivity index is 1.44. The fourth-order valence-corrected chi connectivity index (χ4v) is 3.49. The van der Waals surface area contributed by atoms with Crippen LogP contribution in [0.25, 0.3) is 5.65 Å². The summed E-state index contributed by atoms with van der Waals surface area (Å²) >= 11 is 0. The van der Waals surface area contributed by atoms with E-state index in [2.05, 4.69) is 57.0 Å². The van der Waals surface area contributed by atoms with Crippen LogP contribution in [0.15, 0.2) is 59.9 Å². The second-order valence-electron chi connectivity index (χ2n) is 6.62. The van der Waals surface area contributed by atoms with E-state index >= 15 is 0 Å². The molecular formula is C21H25N5. The molecule has 5 nitrogen and oxygen atoms in total. The summed E-state index contributed by atoms with van der Waals surface area (Å²) in [6, 6.07) is 14.8. The van der Waals surface area contributed by atoms with Crippen molar-refractivity contribution in [1.82, 2.24) is 19.6 Å². The van der Waals surface area contributed by atoms with Crippen LogP contribution in [0.2, 0.25) is 0 Å². The molecule has 1 N–H and O–H groups in total. The Morgan fingerprint density at radius 1 is 1.15 bits per heavy atom. The number of guanidine groups is 1. The number of benzene rings is 1. The molecule has 3 heterocycles. The van der Waals surface area contributed by atoms with Crippen molar-refractivity contribution in [1.29, 1.82) is 0 Å². The first-order chi connectivity index (χ1) is 12.8. The van der Waals surface area contributed by atoms with Crippen molar-refractivity contribution in [2.24, 2.45) is 4.99 Å². The van der Waals surface area contributed by atoms with Gasteiger partial charge in [-0.15, -0.1) is 0 Å². The van der Waals surface area contributed by atoms with Gasteiger partial charge in [0.2, 0.25) is 0 Å². The predicted molar refractivity (Wildman–Crippen MR) is 105 cm³/mol. The van der Waals surface area contributed by atoms with E-state index in [0.717, 1.165) is 56.3 Å². The van der Waals surface area contributed by atoms with E-state index in [1.54, 1.807) is 0 Å². The lowest BCUT2D eigenvalue weighted by molar-refractivity contribution is 0.379. The maximum absolute atomic E-state index is 4.86. The number of nitrogens with zero attached hydrogens (tertiary/aromatic N) is 4. The minimum absolute atomic E-state index is 0.740. The quantitative estimate of drug-likeness (QED) is 0.583. The maximum atomic E-state index is 4.86. The first-order valence-electron chi connectivity index (χ1n) is 9.36. The van der Waals surface area contributed by atoms with Crippen LogP contribution in [0.4, 0.5) is 0 Å². The van der Waals surface area contributed by atoms with Crippen LogP contribution < -0.4 is 5.32 Å². The van der Waals surface area contributed by atoms with Crippen LogP contribution in [0.5, 0.6) is 0 Å². The third-order valence-corrected chi connectivity index (χ3v) is 4.81. The molecule has 1 aromatic carbocycles. The molecule has 0 spiro atoms. The highest BCUT2D eigenvalue weighted by Gasteiger charge is 2.18. The molecule has 0 saturated heterocycles. The Morgan fingerprint density at radius 3 is 2.85 bits per heavy atom. The number of aliphatic imine (C=N–C) groups is 1. The number of pyridine rings is 1. The molecule has 0 bridgehead atoms. The Labute approximate surface area is 154 Å². The van der Waals surface area contributed by atoms with Crippen molar-refractivity contribution in [3.63, 3.8) is 0 Å². The van der Waals surface area contributed by atoms with E-state index in [-0.39, 0.29) is 0 Å². The number of imidazole rings is 1. The molecular weight excluding hydrogens is 322 g/mol. The fraction of sp³-hybridized carbons (Fsp3) is 0.333. The van der Waals surface area contributed by atoms with E-state index < -0.39 is 0 Å². The summed E-state index contributed by atoms with van der Waals surface area (Å²) in [6.07, 6.45) is 6.05. The lowest BCUT2D eigenvalue weighted by atomic mass is 10.0. The Bertz CT molecular complexity index is 878. The Kier molecular flexibility index (Phi) is 4.86. The van der Waals surface area contributed by atoms with Crippen LogP contribution in [0.3, 0.4) is 0 Å². The third kappa shape index (κ3) is 3.57. The van der Waals surface area contributed by atoms with E-state index in [1.807, 2.05) is 24.4 Å². The number of hydrogen-bond donors (Lipinski definition) is 1. The van der Waals surface area contributed by atoms with Crippen molar-refractivity contribution in [3.8, 4) is 0 Å². The summed E-state index contributed by atoms with van der Waals surface area (Å²) in [7, 11) is 0. The number of rotatable bonds is 4. The van der Waals surface area contributed by atoms with Gasteiger partial charge in [-0.1, -0.05) is 30.3 Å². The zero-order chi connectivity index (χ0) is 17.8. The minimum Gasteiger partial charge on any atom is -0.357 e. The van der Waals surface area contributed by atoms with Gasteiger partial charge in [0.05, 0.1) is 5.69 Å². The molecule has 134 valence electrons. The largest absolute Gasteiger partial charge is 0.357 e. The zero-order valence-corrected chi connectivity index (χ0v) is 15.2. The van der Waals surface area contributed by atoms with Crippen LogP contribution in [0.1, 0.15) is 23.7 Å². The second-order valence-corrected chi connectivity index (χ2v) is 6.62. The lowest BCUT2D eigenvalue weighted by Crippen LogP contribution is -2.44. The van der Waals surface area contributed by atoms with Gasteiger partial charge < -0.3 is 14.6 Å². The average molecular weight is 347 g/mol. The van der Waals surface area contributed by atoms with Gasteiger partial charge >= 0.3 is 0 Å². The molecule has 4 rings (SSSR count). The third-order valence-electron chi connectivity index (χ3n) is 4.81. The van der Waals surface area contributed by atoms with Crippen molar-refractivity contribution < 1.29 is 0 Å². The Hall–Kier alpha value is -2.82. The highest BCUT2D eigenvalue weighted by Crippen LogP contribution is 2.18. The highest BCUT2D eigenvalue weighted by atomic mass is 15.3. The summed E-state index contributed by atoms with van der Waals surface area (Å²) in [5, 5.41) is 3.45. The van der Waals surface area contributed by atoms with E-state index in [4.69, 9.17) is 4.99 Å². The molecule has 0 atom stereocenters. The van der Waals surface area contributed by atoms with E-state index in [0.29, 0.717) is 0 Å². The molecule has 1 aliphatic rings. The topological polar surface area (TPSA) is 44.9 Å². The lowest BCUT2D eigenvalue weighted by Gasteiger charge is -2.31. The van der Waals surface area contributed by atoms with Gasteiger partial charge in [0.1, 0.15) is 5.65 Å². The SMILES string of the molecule is CCNC(=NCCc1cn2ccccc2n1)N1CCc2ccccc2C1. The average Bonchev–Trinajstić information content (AvgIpc) is 3.10. The monoisotopic (exact) mass is 347 g/mol. The first kappa shape index (κ1) is 16.6. The molecule has 0 unspecified atom stereocenters. The normalized spacial score (nSPS) is 14.5. The van der Waals surface area contributed by atoms with Gasteiger partial charge in [-0.2, -0.15) is 0 Å². The van der Waals surface area contributed by atoms with E-state index in [1.165, 1.54) is 11.1 Å². The van der Waals surface area contributed by atoms with Gasteiger partial charge in [-0.05, 0) is 36.6 Å². The number of hydrogen-bond acceptors (Lipinski definition) is 2. The molecule has 26 heavy (non-hydrogen) atoms. The second kappa shape index (κ2) is 7.60. The zero-order valence-electron chi connectivity index (χ0n) is 15.2. The van der Waals surface area contributed by atoms with Gasteiger partial charge in [0, 0.05) is 45.0 Å². The summed E-state index contributed by atoms with van der Waals surface area (Å²) < 4.78 is 2.06. The van der Waals surface area contributed by atoms with Crippen LogP contribution in [-0.2, 0) is 19.4 Å². The van der Waals surface area contributed by atoms with Crippen molar-refractivity contribution >= 4 is 11.6 Å². The summed E-state index contributed by atoms with van der Waals surface area (Å²) in [4.78, 5) is 11.9. The molecule has 0 saturated carbocycles. The van der Waals surface area contributed by atoms with E-state index in [9.17, 15) is 0 Å². The minimum atomic E-state index is 0.740. The molecule has 2 aromatic heterocycles. The van der Waals surface area contributed by atoms with Crippen LogP contribution in [0, 0.1) is 0 Å². The molecule has 5 heteroatoms. The Morgan fingerprint density at radius 2 is 2.00 bits per heavy atom. The number of aromatic nitrogens is 2.